The van der Waals surface area contributed by atoms with Gasteiger partial charge in [0.1, 0.15) is 0 Å². The second kappa shape index (κ2) is 6.55. The molecule has 0 aromatic carbocycles. The van der Waals surface area contributed by atoms with Crippen LogP contribution in [0.5, 0.6) is 0 Å². The molecule has 2 aromatic rings. The van der Waals surface area contributed by atoms with Crippen molar-refractivity contribution in [2.24, 2.45) is 0 Å². The standard InChI is InChI=1S/C15H19N5O2/c1-11-17-14(19-22-11)13-5-3-2-4-10-20(13)15(21)18-12-6-8-16-9-7-12/h6-9,13H,2-5,10H2,1H3,(H,16,18,21)/t13-/m1/s1. The molecule has 0 radical (unpaired) electrons. The summed E-state index contributed by atoms with van der Waals surface area (Å²) in [5.41, 5.74) is 0.729. The number of hydrogen-bond donors (Lipinski definition) is 1. The number of anilines is 1. The van der Waals surface area contributed by atoms with Crippen molar-refractivity contribution in [1.29, 1.82) is 0 Å². The molecule has 1 saturated heterocycles. The molecule has 3 rings (SSSR count). The number of aromatic nitrogens is 3. The van der Waals surface area contributed by atoms with Crippen LogP contribution in [-0.2, 0) is 0 Å². The van der Waals surface area contributed by atoms with Gasteiger partial charge in [0.15, 0.2) is 5.82 Å². The van der Waals surface area contributed by atoms with Gasteiger partial charge in [0.05, 0.1) is 6.04 Å². The van der Waals surface area contributed by atoms with E-state index in [1.165, 1.54) is 0 Å². The molecule has 3 heterocycles. The normalized spacial score (nSPS) is 18.8. The topological polar surface area (TPSA) is 84.2 Å². The van der Waals surface area contributed by atoms with Crippen LogP contribution in [0, 0.1) is 6.92 Å². The van der Waals surface area contributed by atoms with E-state index in [0.29, 0.717) is 18.3 Å². The number of nitrogens with one attached hydrogen (secondary N) is 1. The first-order valence-corrected chi connectivity index (χ1v) is 7.52. The average molecular weight is 301 g/mol. The van der Waals surface area contributed by atoms with Crippen molar-refractivity contribution in [3.8, 4) is 0 Å². The fourth-order valence-corrected chi connectivity index (χ4v) is 2.70. The van der Waals surface area contributed by atoms with Crippen LogP contribution in [0.1, 0.15) is 43.4 Å². The number of likely N-dealkylation sites (tertiary alicyclic amines) is 1. The van der Waals surface area contributed by atoms with Crippen LogP contribution in [0.25, 0.3) is 0 Å². The maximum Gasteiger partial charge on any atom is 0.322 e. The molecule has 7 heteroatoms. The molecule has 1 N–H and O–H groups in total. The van der Waals surface area contributed by atoms with Crippen LogP contribution in [0.15, 0.2) is 29.0 Å². The molecule has 1 aliphatic heterocycles. The molecule has 0 aliphatic carbocycles. The number of hydrogen-bond acceptors (Lipinski definition) is 5. The van der Waals surface area contributed by atoms with E-state index in [-0.39, 0.29) is 12.1 Å². The van der Waals surface area contributed by atoms with E-state index in [1.807, 2.05) is 0 Å². The molecule has 2 amide bonds. The van der Waals surface area contributed by atoms with Gasteiger partial charge in [-0.1, -0.05) is 18.0 Å². The van der Waals surface area contributed by atoms with E-state index in [9.17, 15) is 4.79 Å². The Morgan fingerprint density at radius 3 is 2.86 bits per heavy atom. The molecule has 1 fully saturated rings. The Labute approximate surface area is 128 Å². The predicted molar refractivity (Wildman–Crippen MR) is 80.2 cm³/mol. The Morgan fingerprint density at radius 2 is 2.14 bits per heavy atom. The second-order valence-corrected chi connectivity index (χ2v) is 5.40. The number of aryl methyl sites for hydroxylation is 1. The highest BCUT2D eigenvalue weighted by Crippen LogP contribution is 2.29. The van der Waals surface area contributed by atoms with Crippen molar-refractivity contribution in [1.82, 2.24) is 20.0 Å². The Morgan fingerprint density at radius 1 is 1.32 bits per heavy atom. The van der Waals surface area contributed by atoms with Crippen molar-refractivity contribution in [3.05, 3.63) is 36.2 Å². The number of carbonyl (C=O) groups excluding carboxylic acids is 1. The average Bonchev–Trinajstić information content (AvgIpc) is 2.81. The summed E-state index contributed by atoms with van der Waals surface area (Å²) in [5.74, 6) is 1.11. The molecule has 0 saturated carbocycles. The fourth-order valence-electron chi connectivity index (χ4n) is 2.70. The van der Waals surface area contributed by atoms with Gasteiger partial charge < -0.3 is 14.7 Å². The van der Waals surface area contributed by atoms with Crippen molar-refractivity contribution >= 4 is 11.7 Å². The maximum absolute atomic E-state index is 12.6. The zero-order valence-electron chi connectivity index (χ0n) is 12.5. The third-order valence-electron chi connectivity index (χ3n) is 3.79. The zero-order valence-corrected chi connectivity index (χ0v) is 12.5. The molecular weight excluding hydrogens is 282 g/mol. The van der Waals surface area contributed by atoms with Crippen molar-refractivity contribution < 1.29 is 9.32 Å². The molecule has 116 valence electrons. The quantitative estimate of drug-likeness (QED) is 0.922. The number of amides is 2. The van der Waals surface area contributed by atoms with E-state index in [4.69, 9.17) is 4.52 Å². The lowest BCUT2D eigenvalue weighted by molar-refractivity contribution is 0.184. The van der Waals surface area contributed by atoms with Gasteiger partial charge in [-0.25, -0.2) is 4.79 Å². The summed E-state index contributed by atoms with van der Waals surface area (Å²) < 4.78 is 5.08. The maximum atomic E-state index is 12.6. The summed E-state index contributed by atoms with van der Waals surface area (Å²) >= 11 is 0. The number of carbonyl (C=O) groups is 1. The van der Waals surface area contributed by atoms with Gasteiger partial charge in [0.2, 0.25) is 5.89 Å². The summed E-state index contributed by atoms with van der Waals surface area (Å²) in [6, 6.07) is 3.26. The monoisotopic (exact) mass is 301 g/mol. The number of nitrogens with zero attached hydrogens (tertiary/aromatic N) is 4. The molecule has 0 unspecified atom stereocenters. The zero-order chi connectivity index (χ0) is 15.4. The Kier molecular flexibility index (Phi) is 4.32. The number of rotatable bonds is 2. The molecule has 0 bridgehead atoms. The Balaban J connectivity index is 1.79. The van der Waals surface area contributed by atoms with Gasteiger partial charge in [0.25, 0.3) is 0 Å². The first kappa shape index (κ1) is 14.5. The van der Waals surface area contributed by atoms with Crippen molar-refractivity contribution in [3.63, 3.8) is 0 Å². The van der Waals surface area contributed by atoms with Gasteiger partial charge in [-0.05, 0) is 25.0 Å². The third-order valence-corrected chi connectivity index (χ3v) is 3.79. The summed E-state index contributed by atoms with van der Waals surface area (Å²) in [6.45, 7) is 2.45. The highest BCUT2D eigenvalue weighted by Gasteiger charge is 2.30. The summed E-state index contributed by atoms with van der Waals surface area (Å²) in [7, 11) is 0. The minimum atomic E-state index is -0.138. The van der Waals surface area contributed by atoms with Gasteiger partial charge in [0, 0.05) is 31.5 Å². The second-order valence-electron chi connectivity index (χ2n) is 5.40. The van der Waals surface area contributed by atoms with E-state index in [2.05, 4.69) is 20.4 Å². The van der Waals surface area contributed by atoms with Crippen LogP contribution in [0.4, 0.5) is 10.5 Å². The molecule has 22 heavy (non-hydrogen) atoms. The minimum absolute atomic E-state index is 0.137. The van der Waals surface area contributed by atoms with E-state index >= 15 is 0 Å². The van der Waals surface area contributed by atoms with E-state index in [0.717, 1.165) is 31.4 Å². The number of urea groups is 1. The molecular formula is C15H19N5O2. The van der Waals surface area contributed by atoms with Crippen LogP contribution in [0.3, 0.4) is 0 Å². The molecule has 7 nitrogen and oxygen atoms in total. The van der Waals surface area contributed by atoms with Gasteiger partial charge in [-0.3, -0.25) is 4.98 Å². The summed E-state index contributed by atoms with van der Waals surface area (Å²) in [4.78, 5) is 22.7. The lowest BCUT2D eigenvalue weighted by atomic mass is 10.1. The SMILES string of the molecule is Cc1nc([C@H]2CCCCCN2C(=O)Nc2ccncc2)no1. The minimum Gasteiger partial charge on any atom is -0.340 e. The van der Waals surface area contributed by atoms with Crippen LogP contribution in [-0.4, -0.2) is 32.6 Å². The summed E-state index contributed by atoms with van der Waals surface area (Å²) in [5, 5.41) is 6.91. The predicted octanol–water partition coefficient (Wildman–Crippen LogP) is 2.92. The first-order chi connectivity index (χ1) is 10.7. The van der Waals surface area contributed by atoms with Gasteiger partial charge in [-0.2, -0.15) is 4.98 Å². The first-order valence-electron chi connectivity index (χ1n) is 7.52. The van der Waals surface area contributed by atoms with Crippen molar-refractivity contribution in [2.45, 2.75) is 38.6 Å². The van der Waals surface area contributed by atoms with Gasteiger partial charge >= 0.3 is 6.03 Å². The van der Waals surface area contributed by atoms with E-state index in [1.54, 1.807) is 36.4 Å². The number of pyridine rings is 1. The lowest BCUT2D eigenvalue weighted by Crippen LogP contribution is -2.38. The van der Waals surface area contributed by atoms with Crippen LogP contribution < -0.4 is 5.32 Å². The van der Waals surface area contributed by atoms with Crippen LogP contribution >= 0.6 is 0 Å². The van der Waals surface area contributed by atoms with Gasteiger partial charge in [-0.15, -0.1) is 0 Å². The van der Waals surface area contributed by atoms with Crippen molar-refractivity contribution in [2.75, 3.05) is 11.9 Å². The smallest absolute Gasteiger partial charge is 0.322 e. The third kappa shape index (κ3) is 3.24. The fraction of sp³-hybridized carbons (Fsp3) is 0.467. The molecule has 1 aliphatic rings. The Hall–Kier alpha value is -2.44. The molecule has 1 atom stereocenters. The van der Waals surface area contributed by atoms with E-state index < -0.39 is 0 Å². The summed E-state index contributed by atoms with van der Waals surface area (Å²) in [6.07, 6.45) is 7.29. The highest BCUT2D eigenvalue weighted by molar-refractivity contribution is 5.89. The highest BCUT2D eigenvalue weighted by atomic mass is 16.5. The Bertz CT molecular complexity index is 628. The molecule has 0 spiro atoms. The van der Waals surface area contributed by atoms with Crippen LogP contribution in [0.2, 0.25) is 0 Å². The molecule has 2 aromatic heterocycles. The lowest BCUT2D eigenvalue weighted by Gasteiger charge is -2.27. The largest absolute Gasteiger partial charge is 0.340 e.